The highest BCUT2D eigenvalue weighted by Gasteiger charge is 1.97. The molecule has 0 saturated heterocycles. The van der Waals surface area contributed by atoms with E-state index in [1.807, 2.05) is 25.5 Å². The summed E-state index contributed by atoms with van der Waals surface area (Å²) in [5, 5.41) is 8.40. The Hall–Kier alpha value is -1.55. The monoisotopic (exact) mass is 208 g/mol. The zero-order valence-corrected chi connectivity index (χ0v) is 8.81. The second-order valence-electron chi connectivity index (χ2n) is 3.47. The van der Waals surface area contributed by atoms with Gasteiger partial charge in [0.05, 0.1) is 0 Å². The number of nitrogens with zero attached hydrogens (tertiary/aromatic N) is 1. The minimum absolute atomic E-state index is 0.663. The predicted octanol–water partition coefficient (Wildman–Crippen LogP) is 1.13. The Morgan fingerprint density at radius 1 is 1.67 bits per heavy atom. The molecule has 0 aliphatic rings. The first kappa shape index (κ1) is 11.5. The first-order valence-electron chi connectivity index (χ1n) is 4.88. The number of hydrogen-bond donors (Lipinski definition) is 2. The molecule has 15 heavy (non-hydrogen) atoms. The van der Waals surface area contributed by atoms with Crippen LogP contribution in [0.4, 0.5) is 0 Å². The van der Waals surface area contributed by atoms with Gasteiger partial charge in [-0.1, -0.05) is 6.08 Å². The molecule has 0 saturated carbocycles. The molecule has 0 aliphatic heterocycles. The topological polar surface area (TPSA) is 56.3 Å². The van der Waals surface area contributed by atoms with Gasteiger partial charge in [0.15, 0.2) is 0 Å². The van der Waals surface area contributed by atoms with Gasteiger partial charge in [0, 0.05) is 31.6 Å². The van der Waals surface area contributed by atoms with Crippen LogP contribution in [0.1, 0.15) is 5.56 Å². The number of H-pyrrole nitrogens is 1. The Kier molecular flexibility index (Phi) is 4.63. The number of carbonyl (C=O) groups is 1. The van der Waals surface area contributed by atoms with Crippen molar-refractivity contribution in [3.63, 3.8) is 0 Å². The molecule has 0 amide bonds. The van der Waals surface area contributed by atoms with Gasteiger partial charge >= 0.3 is 5.97 Å². The van der Waals surface area contributed by atoms with E-state index in [2.05, 4.69) is 9.88 Å². The Balaban J connectivity index is 2.19. The van der Waals surface area contributed by atoms with Crippen molar-refractivity contribution in [2.45, 2.75) is 6.42 Å². The van der Waals surface area contributed by atoms with Crippen molar-refractivity contribution in [2.75, 3.05) is 20.1 Å². The van der Waals surface area contributed by atoms with E-state index in [1.165, 1.54) is 11.6 Å². The summed E-state index contributed by atoms with van der Waals surface area (Å²) in [6.07, 6.45) is 7.67. The van der Waals surface area contributed by atoms with Crippen LogP contribution in [-0.2, 0) is 11.2 Å². The average Bonchev–Trinajstić information content (AvgIpc) is 2.66. The number of carboxylic acids is 1. The lowest BCUT2D eigenvalue weighted by Gasteiger charge is -2.12. The summed E-state index contributed by atoms with van der Waals surface area (Å²) >= 11 is 0. The number of hydrogen-bond acceptors (Lipinski definition) is 2. The highest BCUT2D eigenvalue weighted by molar-refractivity contribution is 5.79. The van der Waals surface area contributed by atoms with Gasteiger partial charge in [0.2, 0.25) is 0 Å². The van der Waals surface area contributed by atoms with Crippen molar-refractivity contribution in [1.29, 1.82) is 0 Å². The highest BCUT2D eigenvalue weighted by atomic mass is 16.4. The molecule has 0 bridgehead atoms. The lowest BCUT2D eigenvalue weighted by atomic mass is 10.2. The number of aromatic nitrogens is 1. The van der Waals surface area contributed by atoms with Crippen molar-refractivity contribution < 1.29 is 9.90 Å². The molecule has 2 N–H and O–H groups in total. The summed E-state index contributed by atoms with van der Waals surface area (Å²) < 4.78 is 0. The van der Waals surface area contributed by atoms with Crippen LogP contribution in [0.2, 0.25) is 0 Å². The number of aromatic amines is 1. The van der Waals surface area contributed by atoms with Crippen LogP contribution in [0, 0.1) is 0 Å². The van der Waals surface area contributed by atoms with E-state index in [0.717, 1.165) is 13.0 Å². The summed E-state index contributed by atoms with van der Waals surface area (Å²) in [5.74, 6) is -0.894. The summed E-state index contributed by atoms with van der Waals surface area (Å²) in [6, 6.07) is 2.04. The predicted molar refractivity (Wildman–Crippen MR) is 58.8 cm³/mol. The van der Waals surface area contributed by atoms with Crippen LogP contribution in [0.25, 0.3) is 0 Å². The summed E-state index contributed by atoms with van der Waals surface area (Å²) in [7, 11) is 1.97. The quantitative estimate of drug-likeness (QED) is 0.689. The minimum atomic E-state index is -0.894. The van der Waals surface area contributed by atoms with E-state index in [1.54, 1.807) is 6.08 Å². The van der Waals surface area contributed by atoms with Crippen LogP contribution >= 0.6 is 0 Å². The molecular formula is C11H16N2O2. The Bertz CT molecular complexity index is 317. The Labute approximate surface area is 89.2 Å². The molecule has 0 atom stereocenters. The fraction of sp³-hybridized carbons (Fsp3) is 0.364. The molecule has 0 spiro atoms. The normalized spacial score (nSPS) is 11.3. The summed E-state index contributed by atoms with van der Waals surface area (Å²) in [5.41, 5.74) is 1.27. The number of rotatable bonds is 6. The first-order valence-corrected chi connectivity index (χ1v) is 4.88. The molecular weight excluding hydrogens is 192 g/mol. The van der Waals surface area contributed by atoms with E-state index in [9.17, 15) is 4.79 Å². The van der Waals surface area contributed by atoms with E-state index in [4.69, 9.17) is 5.11 Å². The van der Waals surface area contributed by atoms with E-state index >= 15 is 0 Å². The van der Waals surface area contributed by atoms with Gasteiger partial charge in [0.25, 0.3) is 0 Å². The van der Waals surface area contributed by atoms with Crippen molar-refractivity contribution in [3.05, 3.63) is 36.2 Å². The number of likely N-dealkylation sites (N-methyl/N-ethyl adjacent to an activating group) is 1. The third-order valence-electron chi connectivity index (χ3n) is 2.12. The van der Waals surface area contributed by atoms with Crippen LogP contribution in [0.3, 0.4) is 0 Å². The van der Waals surface area contributed by atoms with Crippen LogP contribution in [0.5, 0.6) is 0 Å². The molecule has 1 rings (SSSR count). The first-order chi connectivity index (χ1) is 7.18. The van der Waals surface area contributed by atoms with Gasteiger partial charge in [-0.25, -0.2) is 4.79 Å². The van der Waals surface area contributed by atoms with Crippen LogP contribution in [-0.4, -0.2) is 41.1 Å². The van der Waals surface area contributed by atoms with Gasteiger partial charge in [-0.3, -0.25) is 0 Å². The van der Waals surface area contributed by atoms with E-state index in [-0.39, 0.29) is 0 Å². The highest BCUT2D eigenvalue weighted by Crippen LogP contribution is 1.98. The molecule has 0 aromatic carbocycles. The molecule has 0 fully saturated rings. The second-order valence-corrected chi connectivity index (χ2v) is 3.47. The fourth-order valence-electron chi connectivity index (χ4n) is 1.26. The third-order valence-corrected chi connectivity index (χ3v) is 2.12. The van der Waals surface area contributed by atoms with Gasteiger partial charge < -0.3 is 15.0 Å². The molecule has 0 unspecified atom stereocenters. The molecule has 1 aromatic rings. The SMILES string of the molecule is CN(C/C=C/C(=O)O)CCc1cc[nH]c1. The smallest absolute Gasteiger partial charge is 0.328 e. The molecule has 4 nitrogen and oxygen atoms in total. The lowest BCUT2D eigenvalue weighted by molar-refractivity contribution is -0.131. The van der Waals surface area contributed by atoms with Gasteiger partial charge in [0.1, 0.15) is 0 Å². The standard InChI is InChI=1S/C11H16N2O2/c1-13(7-2-3-11(14)15)8-5-10-4-6-12-9-10/h2-4,6,9,12H,5,7-8H2,1H3,(H,14,15)/b3-2+. The lowest BCUT2D eigenvalue weighted by Crippen LogP contribution is -2.21. The minimum Gasteiger partial charge on any atom is -0.478 e. The fourth-order valence-corrected chi connectivity index (χ4v) is 1.26. The van der Waals surface area contributed by atoms with Crippen molar-refractivity contribution in [1.82, 2.24) is 9.88 Å². The second kappa shape index (κ2) is 6.03. The van der Waals surface area contributed by atoms with Crippen molar-refractivity contribution in [3.8, 4) is 0 Å². The Morgan fingerprint density at radius 2 is 2.47 bits per heavy atom. The average molecular weight is 208 g/mol. The van der Waals surface area contributed by atoms with Crippen molar-refractivity contribution >= 4 is 5.97 Å². The molecule has 4 heteroatoms. The summed E-state index contributed by atoms with van der Waals surface area (Å²) in [4.78, 5) is 15.3. The van der Waals surface area contributed by atoms with Gasteiger partial charge in [-0.2, -0.15) is 0 Å². The molecule has 0 radical (unpaired) electrons. The van der Waals surface area contributed by atoms with Crippen LogP contribution < -0.4 is 0 Å². The zero-order valence-electron chi connectivity index (χ0n) is 8.81. The van der Waals surface area contributed by atoms with Crippen LogP contribution in [0.15, 0.2) is 30.6 Å². The Morgan fingerprint density at radius 3 is 3.07 bits per heavy atom. The third kappa shape index (κ3) is 5.02. The summed E-state index contributed by atoms with van der Waals surface area (Å²) in [6.45, 7) is 1.58. The molecule has 1 aromatic heterocycles. The van der Waals surface area contributed by atoms with Gasteiger partial charge in [-0.05, 0) is 25.1 Å². The largest absolute Gasteiger partial charge is 0.478 e. The maximum absolute atomic E-state index is 10.2. The van der Waals surface area contributed by atoms with E-state index in [0.29, 0.717) is 6.54 Å². The molecule has 0 aliphatic carbocycles. The van der Waals surface area contributed by atoms with E-state index < -0.39 is 5.97 Å². The van der Waals surface area contributed by atoms with Gasteiger partial charge in [-0.15, -0.1) is 0 Å². The molecule has 1 heterocycles. The van der Waals surface area contributed by atoms with Crippen molar-refractivity contribution in [2.24, 2.45) is 0 Å². The number of carboxylic acid groups (broad SMARTS) is 1. The number of aliphatic carboxylic acids is 1. The molecule has 82 valence electrons. The maximum atomic E-state index is 10.2. The zero-order chi connectivity index (χ0) is 11.1. The number of nitrogens with one attached hydrogen (secondary N) is 1. The maximum Gasteiger partial charge on any atom is 0.328 e.